The van der Waals surface area contributed by atoms with Crippen molar-refractivity contribution in [2.75, 3.05) is 13.7 Å². The van der Waals surface area contributed by atoms with E-state index in [1.807, 2.05) is 0 Å². The lowest BCUT2D eigenvalue weighted by Gasteiger charge is -2.01. The van der Waals surface area contributed by atoms with E-state index in [1.54, 1.807) is 0 Å². The maximum atomic E-state index is 10.7. The highest BCUT2D eigenvalue weighted by Crippen LogP contribution is 1.74. The van der Waals surface area contributed by atoms with Crippen LogP contribution in [0.2, 0.25) is 0 Å². The van der Waals surface area contributed by atoms with E-state index in [-0.39, 0.29) is 0 Å². The van der Waals surface area contributed by atoms with E-state index in [1.165, 1.54) is 11.8 Å². The molecule has 1 aromatic rings. The number of methoxy groups -OCH3 is 1. The minimum atomic E-state index is -0.830. The first kappa shape index (κ1) is 8.66. The summed E-state index contributed by atoms with van der Waals surface area (Å²) in [7, 11) is 1.54. The SMILES string of the molecule is COCCn1[c]nc(=O)c(=O)[nH]1. The Morgan fingerprint density at radius 1 is 1.67 bits per heavy atom. The van der Waals surface area contributed by atoms with E-state index in [0.717, 1.165) is 0 Å². The fourth-order valence-electron chi connectivity index (χ4n) is 0.640. The fourth-order valence-corrected chi connectivity index (χ4v) is 0.640. The maximum Gasteiger partial charge on any atom is 0.338 e. The van der Waals surface area contributed by atoms with Gasteiger partial charge in [-0.25, -0.2) is 0 Å². The smallest absolute Gasteiger partial charge is 0.338 e. The van der Waals surface area contributed by atoms with Crippen molar-refractivity contribution in [2.45, 2.75) is 6.54 Å². The Hall–Kier alpha value is -1.43. The monoisotopic (exact) mass is 170 g/mol. The van der Waals surface area contributed by atoms with Gasteiger partial charge >= 0.3 is 11.1 Å². The molecule has 0 atom stereocenters. The molecule has 0 amide bonds. The molecule has 0 aliphatic heterocycles. The second kappa shape index (κ2) is 3.82. The molecular weight excluding hydrogens is 162 g/mol. The highest BCUT2D eigenvalue weighted by atomic mass is 16.5. The van der Waals surface area contributed by atoms with Gasteiger partial charge < -0.3 is 4.74 Å². The number of hydrogen-bond donors (Lipinski definition) is 1. The van der Waals surface area contributed by atoms with Crippen LogP contribution < -0.4 is 11.1 Å². The van der Waals surface area contributed by atoms with Gasteiger partial charge in [-0.05, 0) is 0 Å². The summed E-state index contributed by atoms with van der Waals surface area (Å²) < 4.78 is 6.02. The summed E-state index contributed by atoms with van der Waals surface area (Å²) in [4.78, 5) is 24.4. The number of nitrogens with one attached hydrogen (secondary N) is 1. The molecule has 1 aromatic heterocycles. The Morgan fingerprint density at radius 2 is 2.42 bits per heavy atom. The van der Waals surface area contributed by atoms with Gasteiger partial charge in [-0.1, -0.05) is 0 Å². The quantitative estimate of drug-likeness (QED) is 0.553. The molecule has 0 aliphatic rings. The van der Waals surface area contributed by atoms with E-state index < -0.39 is 11.1 Å². The van der Waals surface area contributed by atoms with Crippen molar-refractivity contribution in [2.24, 2.45) is 0 Å². The predicted molar refractivity (Wildman–Crippen MR) is 39.8 cm³/mol. The van der Waals surface area contributed by atoms with E-state index in [9.17, 15) is 9.59 Å². The lowest BCUT2D eigenvalue weighted by atomic mass is 10.7. The van der Waals surface area contributed by atoms with Gasteiger partial charge in [0.05, 0.1) is 13.2 Å². The topological polar surface area (TPSA) is 77.0 Å². The summed E-state index contributed by atoms with van der Waals surface area (Å²) in [6.45, 7) is 0.843. The molecule has 0 spiro atoms. The van der Waals surface area contributed by atoms with Crippen molar-refractivity contribution < 1.29 is 4.74 Å². The fraction of sp³-hybridized carbons (Fsp3) is 0.500. The average molecular weight is 170 g/mol. The molecular formula is C6H8N3O3. The molecule has 1 rings (SSSR count). The van der Waals surface area contributed by atoms with Crippen molar-refractivity contribution in [3.8, 4) is 0 Å². The van der Waals surface area contributed by atoms with Gasteiger partial charge in [-0.15, -0.1) is 0 Å². The Balaban J connectivity index is 2.83. The molecule has 0 fully saturated rings. The number of H-pyrrole nitrogens is 1. The Labute approximate surface area is 67.8 Å². The zero-order chi connectivity index (χ0) is 8.97. The van der Waals surface area contributed by atoms with Crippen LogP contribution in [-0.2, 0) is 11.3 Å². The summed E-state index contributed by atoms with van der Waals surface area (Å²) in [5.74, 6) is 0. The molecule has 0 unspecified atom stereocenters. The van der Waals surface area contributed by atoms with Crippen LogP contribution in [0.4, 0.5) is 0 Å². The van der Waals surface area contributed by atoms with Crippen LogP contribution in [0.1, 0.15) is 0 Å². The summed E-state index contributed by atoms with van der Waals surface area (Å²) in [5.41, 5.74) is -1.58. The standard InChI is InChI=1S/C6H8N3O3/c1-12-3-2-9-4-7-5(10)6(11)8-9/h2-3H2,1H3,(H,8,11). The summed E-state index contributed by atoms with van der Waals surface area (Å²) >= 11 is 0. The molecule has 65 valence electrons. The van der Waals surface area contributed by atoms with Gasteiger partial charge in [0.25, 0.3) is 0 Å². The molecule has 0 bridgehead atoms. The van der Waals surface area contributed by atoms with E-state index >= 15 is 0 Å². The van der Waals surface area contributed by atoms with Crippen LogP contribution in [0.3, 0.4) is 0 Å². The minimum Gasteiger partial charge on any atom is -0.383 e. The highest BCUT2D eigenvalue weighted by molar-refractivity contribution is 4.69. The van der Waals surface area contributed by atoms with Gasteiger partial charge in [0, 0.05) is 7.11 Å². The molecule has 12 heavy (non-hydrogen) atoms. The largest absolute Gasteiger partial charge is 0.383 e. The molecule has 6 nitrogen and oxygen atoms in total. The van der Waals surface area contributed by atoms with Gasteiger partial charge in [0.15, 0.2) is 6.33 Å². The lowest BCUT2D eigenvalue weighted by molar-refractivity contribution is 0.181. The number of hydrogen-bond acceptors (Lipinski definition) is 4. The molecule has 1 heterocycles. The van der Waals surface area contributed by atoms with Crippen molar-refractivity contribution >= 4 is 0 Å². The first-order chi connectivity index (χ1) is 5.74. The van der Waals surface area contributed by atoms with Gasteiger partial charge in [0.1, 0.15) is 0 Å². The van der Waals surface area contributed by atoms with Crippen molar-refractivity contribution in [3.63, 3.8) is 0 Å². The molecule has 0 saturated carbocycles. The van der Waals surface area contributed by atoms with Crippen molar-refractivity contribution in [1.29, 1.82) is 0 Å². The van der Waals surface area contributed by atoms with Crippen molar-refractivity contribution in [1.82, 2.24) is 14.8 Å². The number of rotatable bonds is 3. The zero-order valence-corrected chi connectivity index (χ0v) is 6.53. The average Bonchev–Trinajstić information content (AvgIpc) is 2.07. The molecule has 0 aromatic carbocycles. The Bertz CT molecular complexity index is 354. The maximum absolute atomic E-state index is 10.7. The third kappa shape index (κ3) is 2.03. The van der Waals surface area contributed by atoms with Crippen LogP contribution in [-0.4, -0.2) is 28.5 Å². The summed E-state index contributed by atoms with van der Waals surface area (Å²) in [6.07, 6.45) is 2.33. The lowest BCUT2D eigenvalue weighted by Crippen LogP contribution is -2.33. The molecule has 0 aliphatic carbocycles. The van der Waals surface area contributed by atoms with Crippen LogP contribution in [0.15, 0.2) is 9.59 Å². The molecule has 6 heteroatoms. The summed E-state index contributed by atoms with van der Waals surface area (Å²) in [5, 5.41) is 2.26. The molecule has 1 radical (unpaired) electrons. The van der Waals surface area contributed by atoms with Crippen LogP contribution in [0.5, 0.6) is 0 Å². The van der Waals surface area contributed by atoms with E-state index in [4.69, 9.17) is 4.74 Å². The van der Waals surface area contributed by atoms with Gasteiger partial charge in [0.2, 0.25) is 0 Å². The number of ether oxygens (including phenoxy) is 1. The summed E-state index contributed by atoms with van der Waals surface area (Å²) in [6, 6.07) is 0. The third-order valence-corrected chi connectivity index (χ3v) is 1.22. The first-order valence-electron chi connectivity index (χ1n) is 3.32. The van der Waals surface area contributed by atoms with Crippen molar-refractivity contribution in [3.05, 3.63) is 27.0 Å². The van der Waals surface area contributed by atoms with E-state index in [2.05, 4.69) is 16.4 Å². The predicted octanol–water partition coefficient (Wildman–Crippen LogP) is -1.62. The number of nitrogens with zero attached hydrogens (tertiary/aromatic N) is 2. The normalized spacial score (nSPS) is 10.1. The molecule has 0 saturated heterocycles. The zero-order valence-electron chi connectivity index (χ0n) is 6.53. The minimum absolute atomic E-state index is 0.416. The first-order valence-corrected chi connectivity index (χ1v) is 3.32. The Morgan fingerprint density at radius 3 is 3.00 bits per heavy atom. The van der Waals surface area contributed by atoms with Crippen LogP contribution >= 0.6 is 0 Å². The number of aromatic nitrogens is 3. The number of aromatic amines is 1. The molecule has 1 N–H and O–H groups in total. The van der Waals surface area contributed by atoms with Crippen LogP contribution in [0.25, 0.3) is 0 Å². The Kier molecular flexibility index (Phi) is 2.76. The van der Waals surface area contributed by atoms with E-state index in [0.29, 0.717) is 13.2 Å². The highest BCUT2D eigenvalue weighted by Gasteiger charge is 1.95. The van der Waals surface area contributed by atoms with Gasteiger partial charge in [-0.2, -0.15) is 4.98 Å². The third-order valence-electron chi connectivity index (χ3n) is 1.22. The van der Waals surface area contributed by atoms with Gasteiger partial charge in [-0.3, -0.25) is 19.4 Å². The van der Waals surface area contributed by atoms with Crippen LogP contribution in [0, 0.1) is 6.33 Å². The second-order valence-corrected chi connectivity index (χ2v) is 2.10. The second-order valence-electron chi connectivity index (χ2n) is 2.10.